The topological polar surface area (TPSA) is 26.0 Å². The first-order valence-electron chi connectivity index (χ1n) is 6.02. The summed E-state index contributed by atoms with van der Waals surface area (Å²) in [5, 5.41) is 0. The number of nitrogen functional groups attached to an aromatic ring is 1. The van der Waals surface area contributed by atoms with Gasteiger partial charge in [-0.3, -0.25) is 0 Å². The van der Waals surface area contributed by atoms with E-state index < -0.39 is 0 Å². The number of hydrogen-bond acceptors (Lipinski definition) is 1. The highest BCUT2D eigenvalue weighted by Crippen LogP contribution is 2.40. The summed E-state index contributed by atoms with van der Waals surface area (Å²) >= 11 is 0. The van der Waals surface area contributed by atoms with E-state index in [1.165, 1.54) is 24.8 Å². The van der Waals surface area contributed by atoms with Gasteiger partial charge in [0.05, 0.1) is 0 Å². The average Bonchev–Trinajstić information content (AvgIpc) is 2.17. The Kier molecular flexibility index (Phi) is 2.99. The van der Waals surface area contributed by atoms with Crippen molar-refractivity contribution in [1.29, 1.82) is 0 Å². The zero-order valence-corrected chi connectivity index (χ0v) is 9.74. The fourth-order valence-corrected chi connectivity index (χ4v) is 2.95. The van der Waals surface area contributed by atoms with Crippen molar-refractivity contribution in [3.05, 3.63) is 29.8 Å². The Bertz CT molecular complexity index is 332. The molecule has 0 heterocycles. The lowest BCUT2D eigenvalue weighted by Crippen LogP contribution is -2.19. The Labute approximate surface area is 92.7 Å². The van der Waals surface area contributed by atoms with Crippen LogP contribution in [0.1, 0.15) is 44.6 Å². The van der Waals surface area contributed by atoms with E-state index in [1.807, 2.05) is 6.07 Å². The van der Waals surface area contributed by atoms with Crippen LogP contribution in [0.25, 0.3) is 0 Å². The fourth-order valence-electron chi connectivity index (χ4n) is 2.95. The molecule has 82 valence electrons. The second kappa shape index (κ2) is 4.26. The molecule has 0 aromatic heterocycles. The third kappa shape index (κ3) is 2.34. The molecule has 1 aliphatic rings. The SMILES string of the molecule is C[C@@H]1CC[C@@H](c2cccc(N)c2)[C@@H](C)C1. The number of benzene rings is 1. The van der Waals surface area contributed by atoms with Crippen molar-refractivity contribution in [2.75, 3.05) is 5.73 Å². The molecule has 0 radical (unpaired) electrons. The minimum absolute atomic E-state index is 0.727. The summed E-state index contributed by atoms with van der Waals surface area (Å²) in [6.45, 7) is 4.75. The third-order valence-corrected chi connectivity index (χ3v) is 3.77. The second-order valence-electron chi connectivity index (χ2n) is 5.17. The van der Waals surface area contributed by atoms with Gasteiger partial charge < -0.3 is 5.73 Å². The normalized spacial score (nSPS) is 31.5. The summed E-state index contributed by atoms with van der Waals surface area (Å²) in [5.74, 6) is 2.43. The standard InChI is InChI=1S/C14H21N/c1-10-6-7-14(11(2)8-10)12-4-3-5-13(15)9-12/h3-5,9-11,14H,6-8,15H2,1-2H3/t10-,11+,14-/m1/s1. The molecule has 2 rings (SSSR count). The number of anilines is 1. The van der Waals surface area contributed by atoms with Gasteiger partial charge in [0.1, 0.15) is 0 Å². The molecular formula is C14H21N. The van der Waals surface area contributed by atoms with E-state index in [4.69, 9.17) is 5.73 Å². The molecule has 0 saturated heterocycles. The number of rotatable bonds is 1. The number of hydrogen-bond donors (Lipinski definition) is 1. The molecule has 1 aromatic carbocycles. The molecule has 1 nitrogen and oxygen atoms in total. The summed E-state index contributed by atoms with van der Waals surface area (Å²) < 4.78 is 0. The molecule has 0 spiro atoms. The summed E-state index contributed by atoms with van der Waals surface area (Å²) in [4.78, 5) is 0. The molecule has 0 aliphatic heterocycles. The molecule has 15 heavy (non-hydrogen) atoms. The van der Waals surface area contributed by atoms with Gasteiger partial charge in [-0.1, -0.05) is 32.4 Å². The summed E-state index contributed by atoms with van der Waals surface area (Å²) in [5.41, 5.74) is 8.18. The minimum Gasteiger partial charge on any atom is -0.399 e. The predicted molar refractivity (Wildman–Crippen MR) is 65.8 cm³/mol. The van der Waals surface area contributed by atoms with Gasteiger partial charge in [-0.15, -0.1) is 0 Å². The van der Waals surface area contributed by atoms with Crippen LogP contribution in [0.15, 0.2) is 24.3 Å². The average molecular weight is 203 g/mol. The molecule has 1 saturated carbocycles. The quantitative estimate of drug-likeness (QED) is 0.690. The van der Waals surface area contributed by atoms with Gasteiger partial charge >= 0.3 is 0 Å². The lowest BCUT2D eigenvalue weighted by Gasteiger charge is -2.33. The molecule has 0 amide bonds. The molecule has 1 aromatic rings. The van der Waals surface area contributed by atoms with E-state index in [0.29, 0.717) is 0 Å². The Morgan fingerprint density at radius 1 is 1.20 bits per heavy atom. The first kappa shape index (κ1) is 10.5. The van der Waals surface area contributed by atoms with Crippen LogP contribution >= 0.6 is 0 Å². The maximum atomic E-state index is 5.84. The molecule has 1 aliphatic carbocycles. The zero-order chi connectivity index (χ0) is 10.8. The van der Waals surface area contributed by atoms with Crippen molar-refractivity contribution in [1.82, 2.24) is 0 Å². The predicted octanol–water partition coefficient (Wildman–Crippen LogP) is 3.81. The maximum absolute atomic E-state index is 5.84. The molecule has 3 atom stereocenters. The van der Waals surface area contributed by atoms with Gasteiger partial charge in [0.15, 0.2) is 0 Å². The molecule has 0 unspecified atom stereocenters. The molecular weight excluding hydrogens is 182 g/mol. The minimum atomic E-state index is 0.727. The van der Waals surface area contributed by atoms with Crippen LogP contribution in [-0.4, -0.2) is 0 Å². The van der Waals surface area contributed by atoms with Crippen LogP contribution in [0.4, 0.5) is 5.69 Å². The van der Waals surface area contributed by atoms with Gasteiger partial charge in [0.25, 0.3) is 0 Å². The second-order valence-corrected chi connectivity index (χ2v) is 5.17. The van der Waals surface area contributed by atoms with E-state index >= 15 is 0 Å². The van der Waals surface area contributed by atoms with Gasteiger partial charge in [-0.25, -0.2) is 0 Å². The van der Waals surface area contributed by atoms with Crippen LogP contribution in [-0.2, 0) is 0 Å². The van der Waals surface area contributed by atoms with Crippen molar-refractivity contribution in [2.45, 2.75) is 39.0 Å². The van der Waals surface area contributed by atoms with Gasteiger partial charge in [-0.2, -0.15) is 0 Å². The molecule has 2 N–H and O–H groups in total. The van der Waals surface area contributed by atoms with Crippen LogP contribution in [0.5, 0.6) is 0 Å². The fraction of sp³-hybridized carbons (Fsp3) is 0.571. The maximum Gasteiger partial charge on any atom is 0.0316 e. The summed E-state index contributed by atoms with van der Waals surface area (Å²) in [7, 11) is 0. The Morgan fingerprint density at radius 3 is 2.67 bits per heavy atom. The van der Waals surface area contributed by atoms with E-state index in [2.05, 4.69) is 32.0 Å². The highest BCUT2D eigenvalue weighted by Gasteiger charge is 2.26. The highest BCUT2D eigenvalue weighted by atomic mass is 14.5. The lowest BCUT2D eigenvalue weighted by molar-refractivity contribution is 0.262. The van der Waals surface area contributed by atoms with E-state index in [0.717, 1.165) is 23.4 Å². The zero-order valence-electron chi connectivity index (χ0n) is 9.74. The van der Waals surface area contributed by atoms with E-state index in [-0.39, 0.29) is 0 Å². The first-order valence-corrected chi connectivity index (χ1v) is 6.02. The summed E-state index contributed by atoms with van der Waals surface area (Å²) in [6, 6.07) is 8.43. The third-order valence-electron chi connectivity index (χ3n) is 3.77. The van der Waals surface area contributed by atoms with Crippen molar-refractivity contribution in [2.24, 2.45) is 11.8 Å². The Hall–Kier alpha value is -0.980. The van der Waals surface area contributed by atoms with E-state index in [9.17, 15) is 0 Å². The van der Waals surface area contributed by atoms with E-state index in [1.54, 1.807) is 0 Å². The molecule has 1 heteroatoms. The van der Waals surface area contributed by atoms with Crippen molar-refractivity contribution in [3.8, 4) is 0 Å². The first-order chi connectivity index (χ1) is 7.16. The van der Waals surface area contributed by atoms with Crippen molar-refractivity contribution < 1.29 is 0 Å². The van der Waals surface area contributed by atoms with Crippen LogP contribution in [0.3, 0.4) is 0 Å². The van der Waals surface area contributed by atoms with Gasteiger partial charge in [0.2, 0.25) is 0 Å². The molecule has 0 bridgehead atoms. The number of nitrogens with two attached hydrogens (primary N) is 1. The van der Waals surface area contributed by atoms with Crippen LogP contribution in [0, 0.1) is 11.8 Å². The molecule has 1 fully saturated rings. The van der Waals surface area contributed by atoms with Crippen LogP contribution < -0.4 is 5.73 Å². The lowest BCUT2D eigenvalue weighted by atomic mass is 9.72. The van der Waals surface area contributed by atoms with Crippen molar-refractivity contribution in [3.63, 3.8) is 0 Å². The smallest absolute Gasteiger partial charge is 0.0316 e. The largest absolute Gasteiger partial charge is 0.399 e. The van der Waals surface area contributed by atoms with Gasteiger partial charge in [-0.05, 0) is 48.3 Å². The highest BCUT2D eigenvalue weighted by molar-refractivity contribution is 5.42. The Morgan fingerprint density at radius 2 is 2.00 bits per heavy atom. The van der Waals surface area contributed by atoms with Crippen molar-refractivity contribution >= 4 is 5.69 Å². The monoisotopic (exact) mass is 203 g/mol. The van der Waals surface area contributed by atoms with Gasteiger partial charge in [0, 0.05) is 5.69 Å². The summed E-state index contributed by atoms with van der Waals surface area (Å²) in [6.07, 6.45) is 4.05. The Balaban J connectivity index is 2.17. The van der Waals surface area contributed by atoms with Crippen LogP contribution in [0.2, 0.25) is 0 Å².